The Labute approximate surface area is 117 Å². The van der Waals surface area contributed by atoms with Gasteiger partial charge in [-0.05, 0) is 74.3 Å². The Morgan fingerprint density at radius 1 is 1.11 bits per heavy atom. The summed E-state index contributed by atoms with van der Waals surface area (Å²) in [5.74, 6) is 0. The van der Waals surface area contributed by atoms with Crippen LogP contribution in [0.5, 0.6) is 0 Å². The molecule has 0 aliphatic heterocycles. The smallest absolute Gasteiger partial charge is 0.0166 e. The van der Waals surface area contributed by atoms with Crippen LogP contribution in [-0.4, -0.2) is 0 Å². The molecular formula is C19H24. The van der Waals surface area contributed by atoms with E-state index in [2.05, 4.69) is 57.7 Å². The fraction of sp³-hybridized carbons (Fsp3) is 0.368. The molecule has 0 heterocycles. The van der Waals surface area contributed by atoms with Gasteiger partial charge in [0.05, 0.1) is 0 Å². The minimum Gasteiger partial charge on any atom is -0.0952 e. The average molecular weight is 252 g/mol. The highest BCUT2D eigenvalue weighted by Crippen LogP contribution is 2.37. The van der Waals surface area contributed by atoms with Gasteiger partial charge in [-0.25, -0.2) is 0 Å². The summed E-state index contributed by atoms with van der Waals surface area (Å²) in [6.45, 7) is 10.9. The zero-order valence-corrected chi connectivity index (χ0v) is 12.4. The number of fused-ring (bicyclic) bond motifs is 1. The van der Waals surface area contributed by atoms with Crippen molar-refractivity contribution < 1.29 is 0 Å². The molecule has 0 unspecified atom stereocenters. The van der Waals surface area contributed by atoms with Crippen LogP contribution in [0.2, 0.25) is 0 Å². The average Bonchev–Trinajstić information content (AvgIpc) is 2.38. The third kappa shape index (κ3) is 3.07. The van der Waals surface area contributed by atoms with Crippen LogP contribution in [0.1, 0.15) is 46.5 Å². The number of allylic oxidation sites excluding steroid dienone is 11. The Morgan fingerprint density at radius 2 is 1.89 bits per heavy atom. The summed E-state index contributed by atoms with van der Waals surface area (Å²) >= 11 is 0. The van der Waals surface area contributed by atoms with E-state index in [9.17, 15) is 0 Å². The van der Waals surface area contributed by atoms with Gasteiger partial charge in [-0.3, -0.25) is 0 Å². The fourth-order valence-electron chi connectivity index (χ4n) is 2.94. The molecule has 0 aromatic heterocycles. The minimum atomic E-state index is 1.07. The lowest BCUT2D eigenvalue weighted by molar-refractivity contribution is 0.876. The number of rotatable bonds is 1. The molecule has 0 nitrogen and oxygen atoms in total. The summed E-state index contributed by atoms with van der Waals surface area (Å²) in [7, 11) is 0. The monoisotopic (exact) mass is 252 g/mol. The highest BCUT2D eigenvalue weighted by molar-refractivity contribution is 5.57. The summed E-state index contributed by atoms with van der Waals surface area (Å²) in [5, 5.41) is 0. The van der Waals surface area contributed by atoms with Crippen LogP contribution in [0.3, 0.4) is 0 Å². The molecule has 2 rings (SSSR count). The molecule has 0 saturated carbocycles. The second-order valence-electron chi connectivity index (χ2n) is 5.53. The molecule has 0 atom stereocenters. The molecule has 2 aliphatic carbocycles. The molecule has 0 spiro atoms. The molecule has 19 heavy (non-hydrogen) atoms. The van der Waals surface area contributed by atoms with Crippen molar-refractivity contribution in [3.05, 3.63) is 70.4 Å². The Hall–Kier alpha value is -1.56. The molecule has 0 N–H and O–H groups in total. The van der Waals surface area contributed by atoms with Gasteiger partial charge >= 0.3 is 0 Å². The third-order valence-electron chi connectivity index (χ3n) is 4.06. The largest absolute Gasteiger partial charge is 0.0952 e. The second kappa shape index (κ2) is 6.06. The van der Waals surface area contributed by atoms with Gasteiger partial charge in [0.15, 0.2) is 0 Å². The van der Waals surface area contributed by atoms with Gasteiger partial charge in [0.2, 0.25) is 0 Å². The lowest BCUT2D eigenvalue weighted by Crippen LogP contribution is -2.05. The summed E-state index contributed by atoms with van der Waals surface area (Å²) in [5.41, 5.74) is 8.50. The van der Waals surface area contributed by atoms with E-state index in [-0.39, 0.29) is 0 Å². The quantitative estimate of drug-likeness (QED) is 0.551. The summed E-state index contributed by atoms with van der Waals surface area (Å²) < 4.78 is 0. The molecule has 2 bridgehead atoms. The maximum atomic E-state index is 4.35. The van der Waals surface area contributed by atoms with E-state index in [4.69, 9.17) is 0 Å². The summed E-state index contributed by atoms with van der Waals surface area (Å²) in [6, 6.07) is 0. The number of hydrogen-bond acceptors (Lipinski definition) is 0. The zero-order chi connectivity index (χ0) is 13.8. The predicted octanol–water partition coefficient (Wildman–Crippen LogP) is 5.82. The Bertz CT molecular complexity index is 530. The zero-order valence-electron chi connectivity index (χ0n) is 12.4. The van der Waals surface area contributed by atoms with Crippen LogP contribution in [0, 0.1) is 0 Å². The van der Waals surface area contributed by atoms with Gasteiger partial charge in [0.25, 0.3) is 0 Å². The standard InChI is InChI=1S/C19H24/c1-5-7-18-13-12-17-9-6-8-14(2)10-11-15(3)19(18)16(17)4/h5-9H,3,10-13H2,1-2,4H3/b7-5-,9-6-,14-8+. The van der Waals surface area contributed by atoms with E-state index in [1.807, 2.05) is 0 Å². The Balaban J connectivity index is 2.54. The minimum absolute atomic E-state index is 1.07. The van der Waals surface area contributed by atoms with Crippen LogP contribution < -0.4 is 0 Å². The first-order valence-electron chi connectivity index (χ1n) is 7.21. The van der Waals surface area contributed by atoms with Crippen molar-refractivity contribution >= 4 is 0 Å². The highest BCUT2D eigenvalue weighted by atomic mass is 14.2. The molecule has 100 valence electrons. The van der Waals surface area contributed by atoms with Crippen molar-refractivity contribution in [2.75, 3.05) is 0 Å². The summed E-state index contributed by atoms with van der Waals surface area (Å²) in [4.78, 5) is 0. The van der Waals surface area contributed by atoms with E-state index in [0.717, 1.165) is 25.7 Å². The van der Waals surface area contributed by atoms with Crippen LogP contribution in [0.15, 0.2) is 70.4 Å². The molecule has 0 fully saturated rings. The first-order valence-corrected chi connectivity index (χ1v) is 7.21. The van der Waals surface area contributed by atoms with Gasteiger partial charge in [0, 0.05) is 0 Å². The van der Waals surface area contributed by atoms with Crippen molar-refractivity contribution in [2.45, 2.75) is 46.5 Å². The highest BCUT2D eigenvalue weighted by Gasteiger charge is 2.18. The van der Waals surface area contributed by atoms with Crippen molar-refractivity contribution in [3.8, 4) is 0 Å². The van der Waals surface area contributed by atoms with Crippen molar-refractivity contribution in [1.82, 2.24) is 0 Å². The normalized spacial score (nSPS) is 25.6. The summed E-state index contributed by atoms with van der Waals surface area (Å²) in [6.07, 6.45) is 15.6. The van der Waals surface area contributed by atoms with Crippen LogP contribution in [-0.2, 0) is 0 Å². The first-order chi connectivity index (χ1) is 9.13. The second-order valence-corrected chi connectivity index (χ2v) is 5.53. The molecule has 0 aromatic carbocycles. The SMILES string of the molecule is C=C1CC/C(C)=C/C=C\C2=C(C)C1=C(/C=C\C)CC2. The number of hydrogen-bond donors (Lipinski definition) is 0. The van der Waals surface area contributed by atoms with E-state index in [1.165, 1.54) is 33.4 Å². The topological polar surface area (TPSA) is 0 Å². The molecule has 0 amide bonds. The Kier molecular flexibility index (Phi) is 4.42. The molecule has 0 heteroatoms. The van der Waals surface area contributed by atoms with Crippen molar-refractivity contribution in [2.24, 2.45) is 0 Å². The third-order valence-corrected chi connectivity index (χ3v) is 4.06. The van der Waals surface area contributed by atoms with E-state index in [0.29, 0.717) is 0 Å². The molecule has 2 aliphatic rings. The van der Waals surface area contributed by atoms with E-state index >= 15 is 0 Å². The maximum absolute atomic E-state index is 4.35. The van der Waals surface area contributed by atoms with Gasteiger partial charge in [0.1, 0.15) is 0 Å². The molecular weight excluding hydrogens is 228 g/mol. The van der Waals surface area contributed by atoms with Gasteiger partial charge in [-0.15, -0.1) is 0 Å². The predicted molar refractivity (Wildman–Crippen MR) is 85.0 cm³/mol. The van der Waals surface area contributed by atoms with Gasteiger partial charge in [-0.1, -0.05) is 42.5 Å². The van der Waals surface area contributed by atoms with Crippen molar-refractivity contribution in [1.29, 1.82) is 0 Å². The van der Waals surface area contributed by atoms with E-state index in [1.54, 1.807) is 0 Å². The first kappa shape index (κ1) is 13.9. The molecule has 0 saturated heterocycles. The van der Waals surface area contributed by atoms with Crippen LogP contribution in [0.25, 0.3) is 0 Å². The lowest BCUT2D eigenvalue weighted by atomic mass is 9.81. The maximum Gasteiger partial charge on any atom is -0.0166 e. The van der Waals surface area contributed by atoms with Crippen LogP contribution in [0.4, 0.5) is 0 Å². The van der Waals surface area contributed by atoms with Crippen molar-refractivity contribution in [3.63, 3.8) is 0 Å². The van der Waals surface area contributed by atoms with Gasteiger partial charge < -0.3 is 0 Å². The fourth-order valence-corrected chi connectivity index (χ4v) is 2.94. The van der Waals surface area contributed by atoms with Gasteiger partial charge in [-0.2, -0.15) is 0 Å². The molecule has 0 aromatic rings. The van der Waals surface area contributed by atoms with E-state index < -0.39 is 0 Å². The Morgan fingerprint density at radius 3 is 2.63 bits per heavy atom. The van der Waals surface area contributed by atoms with Crippen LogP contribution >= 0.6 is 0 Å². The molecule has 0 radical (unpaired) electrons. The lowest BCUT2D eigenvalue weighted by Gasteiger charge is -2.24.